The maximum absolute atomic E-state index is 13.5. The number of hydrogen-bond acceptors (Lipinski definition) is 6. The standard InChI is InChI=1S/C30H31NO4S/c1-3-21-14-15-31(19-21)16-17-34-23-9-11-24(12-10-23)35-29-26-13-8-22(32)18-27(26)36-30(29)28(33)25-7-5-4-6-20(25)2/h4-13,18,21,32H,3,14-17,19H2,1-2H3/t21-/m0/s1. The van der Waals surface area contributed by atoms with Crippen molar-refractivity contribution in [2.75, 3.05) is 26.2 Å². The molecule has 0 bridgehead atoms. The summed E-state index contributed by atoms with van der Waals surface area (Å²) in [6.07, 6.45) is 2.53. The van der Waals surface area contributed by atoms with E-state index in [4.69, 9.17) is 9.47 Å². The lowest BCUT2D eigenvalue weighted by atomic mass is 10.0. The molecule has 1 fully saturated rings. The third-order valence-electron chi connectivity index (χ3n) is 6.89. The number of rotatable bonds is 9. The second-order valence-electron chi connectivity index (χ2n) is 9.37. The largest absolute Gasteiger partial charge is 0.508 e. The Hall–Kier alpha value is -3.35. The molecular formula is C30H31NO4S. The number of fused-ring (bicyclic) bond motifs is 1. The zero-order valence-electron chi connectivity index (χ0n) is 20.7. The van der Waals surface area contributed by atoms with Crippen molar-refractivity contribution >= 4 is 27.2 Å². The Morgan fingerprint density at radius 3 is 2.61 bits per heavy atom. The highest BCUT2D eigenvalue weighted by Crippen LogP contribution is 2.43. The molecule has 186 valence electrons. The fourth-order valence-corrected chi connectivity index (χ4v) is 5.84. The SMILES string of the molecule is CC[C@H]1CCN(CCOc2ccc(Oc3c(C(=O)c4ccccc4C)sc4cc(O)ccc34)cc2)C1. The smallest absolute Gasteiger partial charge is 0.207 e. The van der Waals surface area contributed by atoms with E-state index in [0.29, 0.717) is 28.5 Å². The first-order valence-electron chi connectivity index (χ1n) is 12.5. The predicted octanol–water partition coefficient (Wildman–Crippen LogP) is 7.05. The first-order valence-corrected chi connectivity index (χ1v) is 13.3. The van der Waals surface area contributed by atoms with Crippen LogP contribution < -0.4 is 9.47 Å². The Morgan fingerprint density at radius 1 is 1.08 bits per heavy atom. The summed E-state index contributed by atoms with van der Waals surface area (Å²) >= 11 is 1.33. The summed E-state index contributed by atoms with van der Waals surface area (Å²) in [5.41, 5.74) is 1.56. The van der Waals surface area contributed by atoms with Gasteiger partial charge in [-0.1, -0.05) is 37.6 Å². The van der Waals surface area contributed by atoms with E-state index in [1.54, 1.807) is 18.2 Å². The third-order valence-corrected chi connectivity index (χ3v) is 8.02. The van der Waals surface area contributed by atoms with Gasteiger partial charge in [-0.05, 0) is 73.8 Å². The topological polar surface area (TPSA) is 59.0 Å². The molecule has 36 heavy (non-hydrogen) atoms. The van der Waals surface area contributed by atoms with Gasteiger partial charge in [0.15, 0.2) is 5.75 Å². The number of likely N-dealkylation sites (tertiary alicyclic amines) is 1. The fourth-order valence-electron chi connectivity index (χ4n) is 4.73. The molecule has 1 N–H and O–H groups in total. The Balaban J connectivity index is 1.33. The van der Waals surface area contributed by atoms with Crippen molar-refractivity contribution < 1.29 is 19.4 Å². The molecule has 5 nitrogen and oxygen atoms in total. The number of phenols is 1. The zero-order valence-corrected chi connectivity index (χ0v) is 21.5. The molecule has 1 saturated heterocycles. The summed E-state index contributed by atoms with van der Waals surface area (Å²) in [5, 5.41) is 10.8. The molecule has 0 spiro atoms. The first-order chi connectivity index (χ1) is 17.5. The zero-order chi connectivity index (χ0) is 25.1. The highest BCUT2D eigenvalue weighted by atomic mass is 32.1. The van der Waals surface area contributed by atoms with Crippen molar-refractivity contribution in [3.05, 3.63) is 82.7 Å². The lowest BCUT2D eigenvalue weighted by molar-refractivity contribution is 0.104. The summed E-state index contributed by atoms with van der Waals surface area (Å²) in [7, 11) is 0. The second kappa shape index (κ2) is 10.7. The Labute approximate surface area is 215 Å². The lowest BCUT2D eigenvalue weighted by Crippen LogP contribution is -2.26. The van der Waals surface area contributed by atoms with Crippen molar-refractivity contribution in [1.29, 1.82) is 0 Å². The number of ketones is 1. The van der Waals surface area contributed by atoms with Gasteiger partial charge in [-0.2, -0.15) is 0 Å². The molecular weight excluding hydrogens is 470 g/mol. The van der Waals surface area contributed by atoms with E-state index in [1.807, 2.05) is 55.5 Å². The van der Waals surface area contributed by atoms with Gasteiger partial charge in [-0.15, -0.1) is 11.3 Å². The van der Waals surface area contributed by atoms with Crippen molar-refractivity contribution in [2.45, 2.75) is 26.7 Å². The van der Waals surface area contributed by atoms with E-state index in [-0.39, 0.29) is 11.5 Å². The van der Waals surface area contributed by atoms with Crippen molar-refractivity contribution in [1.82, 2.24) is 4.90 Å². The van der Waals surface area contributed by atoms with Crippen LogP contribution in [-0.4, -0.2) is 42.0 Å². The minimum atomic E-state index is -0.0871. The van der Waals surface area contributed by atoms with Gasteiger partial charge in [0, 0.05) is 28.7 Å². The normalized spacial score (nSPS) is 15.9. The summed E-state index contributed by atoms with van der Waals surface area (Å²) in [5.74, 6) is 2.82. The summed E-state index contributed by atoms with van der Waals surface area (Å²) < 4.78 is 13.1. The van der Waals surface area contributed by atoms with E-state index in [1.165, 1.54) is 30.7 Å². The molecule has 1 aromatic heterocycles. The number of thiophene rings is 1. The van der Waals surface area contributed by atoms with E-state index in [9.17, 15) is 9.90 Å². The van der Waals surface area contributed by atoms with Gasteiger partial charge in [0.25, 0.3) is 0 Å². The monoisotopic (exact) mass is 501 g/mol. The van der Waals surface area contributed by atoms with Gasteiger partial charge in [0.1, 0.15) is 28.7 Å². The van der Waals surface area contributed by atoms with Gasteiger partial charge >= 0.3 is 0 Å². The average molecular weight is 502 g/mol. The lowest BCUT2D eigenvalue weighted by Gasteiger charge is -2.16. The van der Waals surface area contributed by atoms with Crippen LogP contribution in [0.1, 0.15) is 40.6 Å². The molecule has 3 aromatic carbocycles. The molecule has 6 heteroatoms. The molecule has 0 amide bonds. The third kappa shape index (κ3) is 5.25. The van der Waals surface area contributed by atoms with Crippen LogP contribution in [0.25, 0.3) is 10.1 Å². The van der Waals surface area contributed by atoms with Crippen LogP contribution in [0.3, 0.4) is 0 Å². The average Bonchev–Trinajstić information content (AvgIpc) is 3.49. The summed E-state index contributed by atoms with van der Waals surface area (Å²) in [4.78, 5) is 16.5. The molecule has 1 aliphatic rings. The maximum atomic E-state index is 13.5. The molecule has 0 aliphatic carbocycles. The van der Waals surface area contributed by atoms with Crippen LogP contribution in [-0.2, 0) is 0 Å². The number of nitrogens with zero attached hydrogens (tertiary/aromatic N) is 1. The van der Waals surface area contributed by atoms with Gasteiger partial charge in [-0.3, -0.25) is 9.69 Å². The van der Waals surface area contributed by atoms with Crippen LogP contribution in [0.5, 0.6) is 23.0 Å². The highest BCUT2D eigenvalue weighted by molar-refractivity contribution is 7.21. The van der Waals surface area contributed by atoms with Crippen LogP contribution in [0.2, 0.25) is 0 Å². The second-order valence-corrected chi connectivity index (χ2v) is 10.4. The highest BCUT2D eigenvalue weighted by Gasteiger charge is 2.23. The number of hydrogen-bond donors (Lipinski definition) is 1. The van der Waals surface area contributed by atoms with Crippen LogP contribution in [0.15, 0.2) is 66.7 Å². The van der Waals surface area contributed by atoms with E-state index in [0.717, 1.165) is 40.4 Å². The van der Waals surface area contributed by atoms with Crippen LogP contribution in [0, 0.1) is 12.8 Å². The number of phenolic OH excluding ortho intramolecular Hbond substituents is 1. The maximum Gasteiger partial charge on any atom is 0.207 e. The molecule has 4 aromatic rings. The molecule has 1 aliphatic heterocycles. The minimum Gasteiger partial charge on any atom is -0.508 e. The number of benzene rings is 3. The minimum absolute atomic E-state index is 0.0871. The molecule has 5 rings (SSSR count). The Morgan fingerprint density at radius 2 is 1.86 bits per heavy atom. The fraction of sp³-hybridized carbons (Fsp3) is 0.300. The van der Waals surface area contributed by atoms with Crippen molar-refractivity contribution in [3.8, 4) is 23.0 Å². The van der Waals surface area contributed by atoms with Gasteiger partial charge in [0.05, 0.1) is 0 Å². The quantitative estimate of drug-likeness (QED) is 0.249. The van der Waals surface area contributed by atoms with Crippen molar-refractivity contribution in [2.24, 2.45) is 5.92 Å². The number of carbonyl (C=O) groups excluding carboxylic acids is 1. The Kier molecular flexibility index (Phi) is 7.25. The van der Waals surface area contributed by atoms with E-state index < -0.39 is 0 Å². The number of ether oxygens (including phenoxy) is 2. The molecule has 2 heterocycles. The molecule has 0 saturated carbocycles. The van der Waals surface area contributed by atoms with Gasteiger partial charge in [0.2, 0.25) is 5.78 Å². The molecule has 1 atom stereocenters. The van der Waals surface area contributed by atoms with E-state index >= 15 is 0 Å². The molecule has 0 unspecified atom stereocenters. The summed E-state index contributed by atoms with van der Waals surface area (Å²) in [6, 6.07) is 20.2. The summed E-state index contributed by atoms with van der Waals surface area (Å²) in [6.45, 7) is 8.11. The van der Waals surface area contributed by atoms with Gasteiger partial charge in [-0.25, -0.2) is 0 Å². The van der Waals surface area contributed by atoms with Crippen LogP contribution >= 0.6 is 11.3 Å². The Bertz CT molecular complexity index is 1360. The van der Waals surface area contributed by atoms with Crippen LogP contribution in [0.4, 0.5) is 0 Å². The number of aryl methyl sites for hydroxylation is 1. The van der Waals surface area contributed by atoms with Crippen molar-refractivity contribution in [3.63, 3.8) is 0 Å². The number of carbonyl (C=O) groups is 1. The first kappa shape index (κ1) is 24.3. The van der Waals surface area contributed by atoms with E-state index in [2.05, 4.69) is 11.8 Å². The molecule has 0 radical (unpaired) electrons. The predicted molar refractivity (Wildman–Crippen MR) is 145 cm³/mol. The number of aromatic hydroxyl groups is 1. The van der Waals surface area contributed by atoms with Gasteiger partial charge < -0.3 is 14.6 Å².